The van der Waals surface area contributed by atoms with E-state index >= 15 is 0 Å². The number of rotatable bonds is 8. The molecule has 9 heteroatoms. The molecule has 0 radical (unpaired) electrons. The van der Waals surface area contributed by atoms with E-state index in [1.54, 1.807) is 34.4 Å². The molecule has 0 aliphatic carbocycles. The van der Waals surface area contributed by atoms with Crippen molar-refractivity contribution < 1.29 is 0 Å². The Bertz CT molecular complexity index is 857. The molecule has 6 nitrogen and oxygen atoms in total. The number of aromatic nitrogens is 4. The molecule has 0 fully saturated rings. The van der Waals surface area contributed by atoms with Crippen LogP contribution in [0.4, 0.5) is 5.82 Å². The van der Waals surface area contributed by atoms with Crippen LogP contribution in [0.15, 0.2) is 4.34 Å². The van der Waals surface area contributed by atoms with Crippen LogP contribution >= 0.6 is 34.4 Å². The van der Waals surface area contributed by atoms with Crippen LogP contribution < -0.4 is 11.1 Å². The maximum Gasteiger partial charge on any atom is 0.174 e. The van der Waals surface area contributed by atoms with Crippen LogP contribution in [0.5, 0.6) is 0 Å². The van der Waals surface area contributed by atoms with E-state index in [0.29, 0.717) is 13.0 Å². The van der Waals surface area contributed by atoms with Gasteiger partial charge < -0.3 is 11.1 Å². The number of anilines is 1. The molecule has 3 heterocycles. The summed E-state index contributed by atoms with van der Waals surface area (Å²) >= 11 is 5.13. The highest BCUT2D eigenvalue weighted by atomic mass is 32.2. The number of nitrogens with one attached hydrogen (secondary N) is 1. The van der Waals surface area contributed by atoms with Crippen LogP contribution in [0.3, 0.4) is 0 Å². The fourth-order valence-corrected chi connectivity index (χ4v) is 5.31. The van der Waals surface area contributed by atoms with Gasteiger partial charge in [-0.25, -0.2) is 9.97 Å². The first-order valence-corrected chi connectivity index (χ1v) is 10.8. The van der Waals surface area contributed by atoms with Gasteiger partial charge in [-0.05, 0) is 39.3 Å². The number of nitrogens with zero attached hydrogens (tertiary/aromatic N) is 4. The van der Waals surface area contributed by atoms with Crippen LogP contribution in [0.2, 0.25) is 0 Å². The van der Waals surface area contributed by atoms with Crippen LogP contribution in [0.1, 0.15) is 27.7 Å². The number of hydrogen-bond donors (Lipinski definition) is 2. The second kappa shape index (κ2) is 8.39. The Kier molecular flexibility index (Phi) is 6.21. The van der Waals surface area contributed by atoms with Crippen molar-refractivity contribution in [3.63, 3.8) is 0 Å². The van der Waals surface area contributed by atoms with E-state index < -0.39 is 0 Å². The maximum absolute atomic E-state index is 5.68. The van der Waals surface area contributed by atoms with Crippen LogP contribution in [0.25, 0.3) is 10.2 Å². The molecule has 134 valence electrons. The summed E-state index contributed by atoms with van der Waals surface area (Å²) in [5.74, 6) is 2.76. The van der Waals surface area contributed by atoms with Gasteiger partial charge in [0, 0.05) is 23.6 Å². The SMILES string of the molecule is Cc1nnc(SCCCNc2nc(CCN)nc3sc(C)c(C)c23)s1. The van der Waals surface area contributed by atoms with E-state index in [1.165, 1.54) is 10.4 Å². The van der Waals surface area contributed by atoms with Gasteiger partial charge in [0.15, 0.2) is 4.34 Å². The molecule has 0 aromatic carbocycles. The van der Waals surface area contributed by atoms with Gasteiger partial charge in [0.1, 0.15) is 21.5 Å². The minimum absolute atomic E-state index is 0.562. The lowest BCUT2D eigenvalue weighted by Crippen LogP contribution is -2.10. The van der Waals surface area contributed by atoms with Gasteiger partial charge in [-0.15, -0.1) is 21.5 Å². The van der Waals surface area contributed by atoms with E-state index in [-0.39, 0.29) is 0 Å². The standard InChI is InChI=1S/C16H22N6S3/c1-9-10(2)24-15-13(9)14(19-12(20-15)5-6-17)18-7-4-8-23-16-22-21-11(3)25-16/h4-8,17H2,1-3H3,(H,18,19,20). The molecule has 0 aliphatic heterocycles. The highest BCUT2D eigenvalue weighted by molar-refractivity contribution is 8.01. The molecule has 3 rings (SSSR count). The molecule has 0 saturated heterocycles. The fourth-order valence-electron chi connectivity index (χ4n) is 2.44. The van der Waals surface area contributed by atoms with Crippen molar-refractivity contribution in [2.75, 3.05) is 24.2 Å². The summed E-state index contributed by atoms with van der Waals surface area (Å²) in [6.07, 6.45) is 1.73. The molecular weight excluding hydrogens is 372 g/mol. The van der Waals surface area contributed by atoms with Crippen LogP contribution in [-0.4, -0.2) is 39.0 Å². The molecule has 3 aromatic heterocycles. The minimum atomic E-state index is 0.562. The smallest absolute Gasteiger partial charge is 0.174 e. The summed E-state index contributed by atoms with van der Waals surface area (Å²) in [6.45, 7) is 7.68. The van der Waals surface area contributed by atoms with E-state index in [0.717, 1.165) is 49.9 Å². The van der Waals surface area contributed by atoms with Crippen molar-refractivity contribution in [3.8, 4) is 0 Å². The summed E-state index contributed by atoms with van der Waals surface area (Å²) in [6, 6.07) is 0. The Labute approximate surface area is 159 Å². The van der Waals surface area contributed by atoms with Gasteiger partial charge in [-0.1, -0.05) is 23.1 Å². The van der Waals surface area contributed by atoms with Gasteiger partial charge >= 0.3 is 0 Å². The molecule has 3 aromatic rings. The van der Waals surface area contributed by atoms with Gasteiger partial charge in [0.05, 0.1) is 5.39 Å². The Balaban J connectivity index is 1.65. The molecule has 0 amide bonds. The number of thioether (sulfide) groups is 1. The second-order valence-electron chi connectivity index (χ2n) is 5.71. The molecule has 0 spiro atoms. The largest absolute Gasteiger partial charge is 0.369 e. The summed E-state index contributed by atoms with van der Waals surface area (Å²) in [7, 11) is 0. The molecular formula is C16H22N6S3. The third-order valence-electron chi connectivity index (χ3n) is 3.79. The molecule has 0 bridgehead atoms. The third kappa shape index (κ3) is 4.46. The molecule has 0 unspecified atom stereocenters. The predicted molar refractivity (Wildman–Crippen MR) is 108 cm³/mol. The summed E-state index contributed by atoms with van der Waals surface area (Å²) < 4.78 is 1.04. The van der Waals surface area contributed by atoms with Crippen molar-refractivity contribution in [1.29, 1.82) is 0 Å². The first kappa shape index (κ1) is 18.5. The quantitative estimate of drug-likeness (QED) is 0.446. The van der Waals surface area contributed by atoms with Crippen LogP contribution in [0, 0.1) is 20.8 Å². The fraction of sp³-hybridized carbons (Fsp3) is 0.500. The molecule has 3 N–H and O–H groups in total. The Morgan fingerprint density at radius 2 is 1.96 bits per heavy atom. The van der Waals surface area contributed by atoms with Crippen molar-refractivity contribution in [2.24, 2.45) is 5.73 Å². The zero-order valence-electron chi connectivity index (χ0n) is 14.6. The van der Waals surface area contributed by atoms with Gasteiger partial charge in [0.25, 0.3) is 0 Å². The average molecular weight is 395 g/mol. The summed E-state index contributed by atoms with van der Waals surface area (Å²) in [5, 5.41) is 13.8. The van der Waals surface area contributed by atoms with Crippen molar-refractivity contribution in [3.05, 3.63) is 21.3 Å². The number of aryl methyl sites for hydroxylation is 3. The first-order chi connectivity index (χ1) is 12.1. The average Bonchev–Trinajstić information content (AvgIpc) is 3.11. The molecule has 0 atom stereocenters. The number of thiophene rings is 1. The van der Waals surface area contributed by atoms with Gasteiger partial charge in [0.2, 0.25) is 0 Å². The number of hydrogen-bond acceptors (Lipinski definition) is 9. The topological polar surface area (TPSA) is 89.6 Å². The van der Waals surface area contributed by atoms with Gasteiger partial charge in [-0.3, -0.25) is 0 Å². The second-order valence-corrected chi connectivity index (χ2v) is 9.43. The Hall–Kier alpha value is -1.29. The third-order valence-corrected chi connectivity index (χ3v) is 6.95. The highest BCUT2D eigenvalue weighted by Crippen LogP contribution is 2.33. The molecule has 0 aliphatic rings. The monoisotopic (exact) mass is 394 g/mol. The maximum atomic E-state index is 5.68. The van der Waals surface area contributed by atoms with Crippen molar-refractivity contribution in [1.82, 2.24) is 20.2 Å². The number of fused-ring (bicyclic) bond motifs is 1. The zero-order valence-corrected chi connectivity index (χ0v) is 17.1. The predicted octanol–water partition coefficient (Wildman–Crippen LogP) is 3.56. The lowest BCUT2D eigenvalue weighted by molar-refractivity contribution is 0.876. The van der Waals surface area contributed by atoms with E-state index in [4.69, 9.17) is 10.7 Å². The highest BCUT2D eigenvalue weighted by Gasteiger charge is 2.14. The lowest BCUT2D eigenvalue weighted by atomic mass is 10.2. The Morgan fingerprint density at radius 3 is 2.68 bits per heavy atom. The number of nitrogens with two attached hydrogens (primary N) is 1. The van der Waals surface area contributed by atoms with E-state index in [1.807, 2.05) is 6.92 Å². The van der Waals surface area contributed by atoms with Crippen molar-refractivity contribution >= 4 is 50.5 Å². The first-order valence-electron chi connectivity index (χ1n) is 8.22. The summed E-state index contributed by atoms with van der Waals surface area (Å²) in [4.78, 5) is 11.7. The lowest BCUT2D eigenvalue weighted by Gasteiger charge is -2.09. The zero-order chi connectivity index (χ0) is 17.8. The molecule has 25 heavy (non-hydrogen) atoms. The van der Waals surface area contributed by atoms with E-state index in [9.17, 15) is 0 Å². The summed E-state index contributed by atoms with van der Waals surface area (Å²) in [5.41, 5.74) is 6.94. The normalized spacial score (nSPS) is 11.4. The van der Waals surface area contributed by atoms with E-state index in [2.05, 4.69) is 34.3 Å². The molecule has 0 saturated carbocycles. The van der Waals surface area contributed by atoms with Crippen molar-refractivity contribution in [2.45, 2.75) is 38.0 Å². The minimum Gasteiger partial charge on any atom is -0.369 e. The van der Waals surface area contributed by atoms with Gasteiger partial charge in [-0.2, -0.15) is 0 Å². The Morgan fingerprint density at radius 1 is 1.12 bits per heavy atom. The van der Waals surface area contributed by atoms with Crippen LogP contribution in [-0.2, 0) is 6.42 Å².